The Morgan fingerprint density at radius 2 is 2.22 bits per heavy atom. The van der Waals surface area contributed by atoms with E-state index in [0.29, 0.717) is 34.5 Å². The Kier molecular flexibility index (Phi) is 6.22. The van der Waals surface area contributed by atoms with Gasteiger partial charge in [-0.3, -0.25) is 4.79 Å². The average molecular weight is 437 g/mol. The second kappa shape index (κ2) is 9.23. The SMILES string of the molecule is CN/C=C(\C=N)c1cc(F)cc(CNC(=O)c2ncnc3nc(C4CCCO4)n(C)c23)c1. The summed E-state index contributed by atoms with van der Waals surface area (Å²) in [6, 6.07) is 4.42. The van der Waals surface area contributed by atoms with Gasteiger partial charge in [0, 0.05) is 45.2 Å². The van der Waals surface area contributed by atoms with Gasteiger partial charge in [-0.25, -0.2) is 19.3 Å². The van der Waals surface area contributed by atoms with Gasteiger partial charge in [-0.1, -0.05) is 0 Å². The number of aryl methyl sites for hydroxylation is 1. The molecule has 1 aromatic carbocycles. The monoisotopic (exact) mass is 437 g/mol. The van der Waals surface area contributed by atoms with Crippen LogP contribution in [-0.2, 0) is 18.3 Å². The van der Waals surface area contributed by atoms with Gasteiger partial charge in [0.15, 0.2) is 11.3 Å². The number of halogens is 1. The number of nitrogens with one attached hydrogen (secondary N) is 3. The van der Waals surface area contributed by atoms with Gasteiger partial charge in [0.05, 0.1) is 0 Å². The van der Waals surface area contributed by atoms with Gasteiger partial charge in [-0.15, -0.1) is 0 Å². The lowest BCUT2D eigenvalue weighted by atomic mass is 10.0. The molecule has 166 valence electrons. The van der Waals surface area contributed by atoms with Crippen LogP contribution in [0.1, 0.15) is 46.4 Å². The fourth-order valence-corrected chi connectivity index (χ4v) is 3.84. The standard InChI is InChI=1S/C22H24FN7O2/c1-25-11-15(9-24)14-6-13(7-16(23)8-14)10-26-22(31)18-19-20(28-12-27-18)29-21(30(19)2)17-4-3-5-32-17/h6-9,11-12,17,24-25H,3-5,10H2,1-2H3,(H,26,31)/b15-11+,24-9?. The van der Waals surface area contributed by atoms with Gasteiger partial charge in [-0.2, -0.15) is 0 Å². The minimum Gasteiger partial charge on any atom is -0.393 e. The quantitative estimate of drug-likeness (QED) is 0.489. The highest BCUT2D eigenvalue weighted by atomic mass is 19.1. The summed E-state index contributed by atoms with van der Waals surface area (Å²) >= 11 is 0. The number of carbonyl (C=O) groups excluding carboxylic acids is 1. The molecule has 3 aromatic rings. The number of nitrogens with zero attached hydrogens (tertiary/aromatic N) is 4. The molecule has 0 spiro atoms. The number of hydrogen-bond donors (Lipinski definition) is 3. The highest BCUT2D eigenvalue weighted by Gasteiger charge is 2.26. The lowest BCUT2D eigenvalue weighted by Gasteiger charge is -2.11. The summed E-state index contributed by atoms with van der Waals surface area (Å²) in [6.45, 7) is 0.780. The van der Waals surface area contributed by atoms with Crippen LogP contribution in [0, 0.1) is 11.2 Å². The van der Waals surface area contributed by atoms with Crippen LogP contribution in [0.4, 0.5) is 4.39 Å². The fraction of sp³-hybridized carbons (Fsp3) is 0.318. The maximum absolute atomic E-state index is 14.1. The third-order valence-electron chi connectivity index (χ3n) is 5.33. The van der Waals surface area contributed by atoms with Crippen LogP contribution in [0.2, 0.25) is 0 Å². The van der Waals surface area contributed by atoms with Gasteiger partial charge < -0.3 is 25.3 Å². The van der Waals surface area contributed by atoms with Gasteiger partial charge in [0.25, 0.3) is 5.91 Å². The van der Waals surface area contributed by atoms with Crippen LogP contribution in [0.3, 0.4) is 0 Å². The van der Waals surface area contributed by atoms with E-state index >= 15 is 0 Å². The zero-order chi connectivity index (χ0) is 22.7. The first kappa shape index (κ1) is 21.6. The number of hydrogen-bond acceptors (Lipinski definition) is 7. The van der Waals surface area contributed by atoms with E-state index in [-0.39, 0.29) is 18.3 Å². The van der Waals surface area contributed by atoms with Crippen molar-refractivity contribution in [3.63, 3.8) is 0 Å². The lowest BCUT2D eigenvalue weighted by molar-refractivity contribution is 0.0946. The van der Waals surface area contributed by atoms with Crippen LogP contribution in [0.5, 0.6) is 0 Å². The highest BCUT2D eigenvalue weighted by Crippen LogP contribution is 2.30. The summed E-state index contributed by atoms with van der Waals surface area (Å²) in [6.07, 6.45) is 5.77. The Bertz CT molecular complexity index is 1200. The smallest absolute Gasteiger partial charge is 0.272 e. The van der Waals surface area contributed by atoms with Crippen molar-refractivity contribution in [1.82, 2.24) is 30.2 Å². The van der Waals surface area contributed by atoms with E-state index in [2.05, 4.69) is 25.6 Å². The number of allylic oxidation sites excluding steroid dienone is 1. The summed E-state index contributed by atoms with van der Waals surface area (Å²) < 4.78 is 21.7. The first-order valence-corrected chi connectivity index (χ1v) is 10.3. The maximum Gasteiger partial charge on any atom is 0.272 e. The van der Waals surface area contributed by atoms with Crippen LogP contribution >= 0.6 is 0 Å². The van der Waals surface area contributed by atoms with E-state index in [9.17, 15) is 9.18 Å². The maximum atomic E-state index is 14.1. The summed E-state index contributed by atoms with van der Waals surface area (Å²) in [7, 11) is 3.52. The molecule has 0 aliphatic carbocycles. The summed E-state index contributed by atoms with van der Waals surface area (Å²) in [4.78, 5) is 25.9. The number of rotatable bonds is 7. The number of benzene rings is 1. The second-order valence-electron chi connectivity index (χ2n) is 7.49. The van der Waals surface area contributed by atoms with E-state index < -0.39 is 11.7 Å². The zero-order valence-corrected chi connectivity index (χ0v) is 17.9. The predicted octanol–water partition coefficient (Wildman–Crippen LogP) is 2.49. The third-order valence-corrected chi connectivity index (χ3v) is 5.33. The van der Waals surface area contributed by atoms with Crippen LogP contribution in [-0.4, -0.2) is 45.3 Å². The van der Waals surface area contributed by atoms with Crippen molar-refractivity contribution in [2.45, 2.75) is 25.5 Å². The molecule has 3 N–H and O–H groups in total. The topological polar surface area (TPSA) is 118 Å². The number of ether oxygens (including phenoxy) is 1. The largest absolute Gasteiger partial charge is 0.393 e. The molecule has 1 unspecified atom stereocenters. The normalized spacial score (nSPS) is 16.3. The van der Waals surface area contributed by atoms with Crippen LogP contribution in [0.15, 0.2) is 30.7 Å². The molecule has 1 fully saturated rings. The van der Waals surface area contributed by atoms with Gasteiger partial charge in [0.2, 0.25) is 0 Å². The van der Waals surface area contributed by atoms with E-state index in [1.807, 2.05) is 7.05 Å². The Morgan fingerprint density at radius 3 is 2.94 bits per heavy atom. The molecule has 0 radical (unpaired) electrons. The number of imidazole rings is 1. The average Bonchev–Trinajstić information content (AvgIpc) is 3.43. The second-order valence-corrected chi connectivity index (χ2v) is 7.49. The molecule has 1 aliphatic rings. The molecule has 0 saturated carbocycles. The van der Waals surface area contributed by atoms with Crippen molar-refractivity contribution in [3.8, 4) is 0 Å². The first-order chi connectivity index (χ1) is 15.5. The van der Waals surface area contributed by atoms with E-state index in [1.165, 1.54) is 18.5 Å². The van der Waals surface area contributed by atoms with Crippen molar-refractivity contribution in [2.24, 2.45) is 7.05 Å². The van der Waals surface area contributed by atoms with Gasteiger partial charge >= 0.3 is 0 Å². The number of amides is 1. The molecule has 1 amide bonds. The molecule has 1 atom stereocenters. The predicted molar refractivity (Wildman–Crippen MR) is 118 cm³/mol. The molecule has 0 bridgehead atoms. The lowest BCUT2D eigenvalue weighted by Crippen LogP contribution is -2.25. The highest BCUT2D eigenvalue weighted by molar-refractivity contribution is 6.08. The molecule has 3 heterocycles. The molecule has 9 nitrogen and oxygen atoms in total. The number of carbonyl (C=O) groups is 1. The van der Waals surface area contributed by atoms with Gasteiger partial charge in [-0.05, 0) is 42.2 Å². The van der Waals surface area contributed by atoms with E-state index in [4.69, 9.17) is 10.1 Å². The van der Waals surface area contributed by atoms with Crippen LogP contribution in [0.25, 0.3) is 16.7 Å². The summed E-state index contributed by atoms with van der Waals surface area (Å²) in [5.41, 5.74) is 2.77. The fourth-order valence-electron chi connectivity index (χ4n) is 3.84. The van der Waals surface area contributed by atoms with Crippen molar-refractivity contribution in [3.05, 3.63) is 59.2 Å². The Labute approximate surface area is 184 Å². The molecular formula is C22H24FN7O2. The summed E-state index contributed by atoms with van der Waals surface area (Å²) in [5.74, 6) is -0.145. The van der Waals surface area contributed by atoms with E-state index in [1.54, 1.807) is 23.9 Å². The van der Waals surface area contributed by atoms with Gasteiger partial charge in [0.1, 0.15) is 29.6 Å². The molecule has 2 aromatic heterocycles. The zero-order valence-electron chi connectivity index (χ0n) is 17.9. The van der Waals surface area contributed by atoms with Crippen molar-refractivity contribution in [2.75, 3.05) is 13.7 Å². The van der Waals surface area contributed by atoms with Crippen molar-refractivity contribution >= 4 is 28.9 Å². The summed E-state index contributed by atoms with van der Waals surface area (Å²) in [5, 5.41) is 13.2. The molecule has 1 aliphatic heterocycles. The number of aromatic nitrogens is 4. The first-order valence-electron chi connectivity index (χ1n) is 10.3. The van der Waals surface area contributed by atoms with Crippen LogP contribution < -0.4 is 10.6 Å². The Balaban J connectivity index is 1.58. The molecular weight excluding hydrogens is 413 g/mol. The Morgan fingerprint density at radius 1 is 1.38 bits per heavy atom. The Hall–Kier alpha value is -3.66. The minimum atomic E-state index is -0.451. The molecule has 32 heavy (non-hydrogen) atoms. The van der Waals surface area contributed by atoms with E-state index in [0.717, 1.165) is 24.9 Å². The van der Waals surface area contributed by atoms with Crippen molar-refractivity contribution < 1.29 is 13.9 Å². The molecule has 1 saturated heterocycles. The van der Waals surface area contributed by atoms with Crippen molar-refractivity contribution in [1.29, 1.82) is 5.41 Å². The third kappa shape index (κ3) is 4.22. The molecule has 4 rings (SSSR count). The minimum absolute atomic E-state index is 0.0936. The number of fused-ring (bicyclic) bond motifs is 1. The molecule has 10 heteroatoms.